The fraction of sp³-hybridized carbons (Fsp3) is 0.385. The molecule has 0 radical (unpaired) electrons. The summed E-state index contributed by atoms with van der Waals surface area (Å²) in [4.78, 5) is 22.6. The molecule has 0 spiro atoms. The monoisotopic (exact) mass is 313 g/mol. The van der Waals surface area contributed by atoms with Gasteiger partial charge in [-0.2, -0.15) is 0 Å². The number of nitrogens with one attached hydrogen (secondary N) is 1. The molecule has 4 nitrogen and oxygen atoms in total. The molecule has 0 aliphatic rings. The van der Waals surface area contributed by atoms with Gasteiger partial charge in [0.25, 0.3) is 5.91 Å². The largest absolute Gasteiger partial charge is 0.481 e. The Morgan fingerprint density at radius 2 is 2.11 bits per heavy atom. The number of hydrogen-bond donors (Lipinski definition) is 2. The molecule has 0 bridgehead atoms. The molecule has 1 aromatic rings. The highest BCUT2D eigenvalue weighted by Gasteiger charge is 2.15. The molecule has 2 N–H and O–H groups in total. The molecule has 1 rings (SSSR count). The Bertz CT molecular complexity index is 460. The van der Waals surface area contributed by atoms with Crippen molar-refractivity contribution in [3.8, 4) is 0 Å². The summed E-state index contributed by atoms with van der Waals surface area (Å²) in [6, 6.07) is 4.95. The van der Waals surface area contributed by atoms with E-state index in [4.69, 9.17) is 5.11 Å². The Balaban J connectivity index is 2.74. The van der Waals surface area contributed by atoms with Gasteiger partial charge in [0.15, 0.2) is 0 Å². The predicted molar refractivity (Wildman–Crippen MR) is 72.7 cm³/mol. The highest BCUT2D eigenvalue weighted by molar-refractivity contribution is 9.10. The summed E-state index contributed by atoms with van der Waals surface area (Å²) in [5, 5.41) is 11.4. The Kier molecular flexibility index (Phi) is 5.34. The van der Waals surface area contributed by atoms with Crippen LogP contribution < -0.4 is 5.32 Å². The first-order valence-electron chi connectivity index (χ1n) is 5.72. The molecule has 0 heterocycles. The molecule has 0 fully saturated rings. The molecular formula is C13H16BrNO3. The molecule has 1 atom stereocenters. The Labute approximate surface area is 115 Å². The Hall–Kier alpha value is -1.36. The average molecular weight is 314 g/mol. The van der Waals surface area contributed by atoms with E-state index in [1.165, 1.54) is 0 Å². The molecule has 0 aromatic heterocycles. The fourth-order valence-electron chi connectivity index (χ4n) is 1.56. The minimum Gasteiger partial charge on any atom is -0.481 e. The molecule has 1 amide bonds. The first-order chi connectivity index (χ1) is 8.43. The van der Waals surface area contributed by atoms with E-state index in [0.717, 1.165) is 10.0 Å². The highest BCUT2D eigenvalue weighted by Crippen LogP contribution is 2.17. The van der Waals surface area contributed by atoms with Gasteiger partial charge in [-0.3, -0.25) is 9.59 Å². The normalized spacial score (nSPS) is 11.9. The Morgan fingerprint density at radius 1 is 1.44 bits per heavy atom. The van der Waals surface area contributed by atoms with Gasteiger partial charge in [0.2, 0.25) is 0 Å². The number of carbonyl (C=O) groups is 2. The van der Waals surface area contributed by atoms with Gasteiger partial charge in [0.1, 0.15) is 0 Å². The number of aryl methyl sites for hydroxylation is 1. The van der Waals surface area contributed by atoms with Gasteiger partial charge in [-0.25, -0.2) is 0 Å². The number of hydrogen-bond acceptors (Lipinski definition) is 2. The maximum Gasteiger partial charge on any atom is 0.305 e. The summed E-state index contributed by atoms with van der Waals surface area (Å²) in [5.74, 6) is -1.15. The zero-order valence-corrected chi connectivity index (χ0v) is 12.0. The van der Waals surface area contributed by atoms with Gasteiger partial charge in [-0.1, -0.05) is 22.9 Å². The molecule has 0 saturated carbocycles. The van der Waals surface area contributed by atoms with E-state index in [1.54, 1.807) is 12.1 Å². The van der Waals surface area contributed by atoms with Crippen molar-refractivity contribution >= 4 is 27.8 Å². The molecule has 1 aromatic carbocycles. The van der Waals surface area contributed by atoms with Gasteiger partial charge < -0.3 is 10.4 Å². The minimum atomic E-state index is -0.908. The lowest BCUT2D eigenvalue weighted by Crippen LogP contribution is -2.36. The number of carbonyl (C=O) groups excluding carboxylic acids is 1. The molecule has 18 heavy (non-hydrogen) atoms. The van der Waals surface area contributed by atoms with Crippen LogP contribution >= 0.6 is 15.9 Å². The maximum atomic E-state index is 11.9. The molecule has 0 aliphatic carbocycles. The van der Waals surface area contributed by atoms with E-state index in [-0.39, 0.29) is 18.4 Å². The lowest BCUT2D eigenvalue weighted by molar-refractivity contribution is -0.137. The van der Waals surface area contributed by atoms with Crippen molar-refractivity contribution in [2.75, 3.05) is 0 Å². The molecule has 0 saturated heterocycles. The molecule has 0 aliphatic heterocycles. The first-order valence-corrected chi connectivity index (χ1v) is 6.52. The summed E-state index contributed by atoms with van der Waals surface area (Å²) in [7, 11) is 0. The van der Waals surface area contributed by atoms with Crippen LogP contribution in [0.25, 0.3) is 0 Å². The second-order valence-corrected chi connectivity index (χ2v) is 4.99. The van der Waals surface area contributed by atoms with Crippen LogP contribution in [0.4, 0.5) is 0 Å². The fourth-order valence-corrected chi connectivity index (χ4v) is 1.81. The number of carboxylic acids is 1. The number of amides is 1. The highest BCUT2D eigenvalue weighted by atomic mass is 79.9. The topological polar surface area (TPSA) is 66.4 Å². The van der Waals surface area contributed by atoms with Crippen molar-refractivity contribution in [3.05, 3.63) is 33.8 Å². The zero-order valence-electron chi connectivity index (χ0n) is 10.4. The van der Waals surface area contributed by atoms with Crippen LogP contribution in [0.15, 0.2) is 22.7 Å². The van der Waals surface area contributed by atoms with Crippen molar-refractivity contribution in [2.24, 2.45) is 0 Å². The first kappa shape index (κ1) is 14.7. The van der Waals surface area contributed by atoms with E-state index in [2.05, 4.69) is 21.2 Å². The Morgan fingerprint density at radius 3 is 2.61 bits per heavy atom. The third-order valence-corrected chi connectivity index (χ3v) is 3.56. The third-order valence-electron chi connectivity index (χ3n) is 2.67. The van der Waals surface area contributed by atoms with Gasteiger partial charge in [0.05, 0.1) is 6.42 Å². The molecule has 5 heteroatoms. The van der Waals surface area contributed by atoms with Crippen molar-refractivity contribution in [3.63, 3.8) is 0 Å². The van der Waals surface area contributed by atoms with Crippen LogP contribution in [0.2, 0.25) is 0 Å². The quantitative estimate of drug-likeness (QED) is 0.878. The summed E-state index contributed by atoms with van der Waals surface area (Å²) < 4.78 is 0.941. The average Bonchev–Trinajstić information content (AvgIpc) is 2.31. The van der Waals surface area contributed by atoms with Crippen molar-refractivity contribution in [2.45, 2.75) is 32.7 Å². The van der Waals surface area contributed by atoms with Crippen molar-refractivity contribution in [1.82, 2.24) is 5.32 Å². The van der Waals surface area contributed by atoms with Crippen LogP contribution in [0.3, 0.4) is 0 Å². The van der Waals surface area contributed by atoms with E-state index < -0.39 is 5.97 Å². The lowest BCUT2D eigenvalue weighted by atomic mass is 10.1. The van der Waals surface area contributed by atoms with Crippen LogP contribution in [0.1, 0.15) is 35.7 Å². The standard InChI is InChI=1S/C13H16BrNO3/c1-3-10(7-12(16)17)15-13(18)9-4-5-11(14)8(2)6-9/h4-6,10H,3,7H2,1-2H3,(H,15,18)(H,16,17). The van der Waals surface area contributed by atoms with Crippen LogP contribution in [-0.2, 0) is 4.79 Å². The van der Waals surface area contributed by atoms with Gasteiger partial charge in [0, 0.05) is 16.1 Å². The van der Waals surface area contributed by atoms with Gasteiger partial charge in [-0.05, 0) is 37.1 Å². The van der Waals surface area contributed by atoms with E-state index >= 15 is 0 Å². The van der Waals surface area contributed by atoms with Crippen molar-refractivity contribution in [1.29, 1.82) is 0 Å². The van der Waals surface area contributed by atoms with E-state index in [0.29, 0.717) is 12.0 Å². The van der Waals surface area contributed by atoms with E-state index in [1.807, 2.05) is 19.9 Å². The second-order valence-electron chi connectivity index (χ2n) is 4.14. The molecule has 98 valence electrons. The number of benzene rings is 1. The predicted octanol–water partition coefficient (Wildman–Crippen LogP) is 2.74. The van der Waals surface area contributed by atoms with E-state index in [9.17, 15) is 9.59 Å². The third kappa shape index (κ3) is 4.14. The molecular weight excluding hydrogens is 298 g/mol. The minimum absolute atomic E-state index is 0.0578. The number of carboxylic acid groups (broad SMARTS) is 1. The number of rotatable bonds is 5. The van der Waals surface area contributed by atoms with Gasteiger partial charge >= 0.3 is 5.97 Å². The number of halogens is 1. The summed E-state index contributed by atoms with van der Waals surface area (Å²) in [6.07, 6.45) is 0.533. The SMILES string of the molecule is CCC(CC(=O)O)NC(=O)c1ccc(Br)c(C)c1. The zero-order chi connectivity index (χ0) is 13.7. The summed E-state index contributed by atoms with van der Waals surface area (Å²) in [6.45, 7) is 3.75. The van der Waals surface area contributed by atoms with Gasteiger partial charge in [-0.15, -0.1) is 0 Å². The van der Waals surface area contributed by atoms with Crippen LogP contribution in [-0.4, -0.2) is 23.0 Å². The van der Waals surface area contributed by atoms with Crippen LogP contribution in [0, 0.1) is 6.92 Å². The smallest absolute Gasteiger partial charge is 0.305 e. The summed E-state index contributed by atoms with van der Waals surface area (Å²) >= 11 is 3.37. The maximum absolute atomic E-state index is 11.9. The van der Waals surface area contributed by atoms with Crippen LogP contribution in [0.5, 0.6) is 0 Å². The summed E-state index contributed by atoms with van der Waals surface area (Å²) in [5.41, 5.74) is 1.51. The number of aliphatic carboxylic acids is 1. The molecule has 1 unspecified atom stereocenters. The van der Waals surface area contributed by atoms with Crippen molar-refractivity contribution < 1.29 is 14.7 Å². The second kappa shape index (κ2) is 6.54. The lowest BCUT2D eigenvalue weighted by Gasteiger charge is -2.15.